The number of nitrogens with one attached hydrogen (secondary N) is 1. The molecule has 5 nitrogen and oxygen atoms in total. The van der Waals surface area contributed by atoms with Crippen LogP contribution in [-0.2, 0) is 4.79 Å². The van der Waals surface area contributed by atoms with E-state index < -0.39 is 6.10 Å². The maximum absolute atomic E-state index is 12.0. The maximum Gasteiger partial charge on any atom is 0.234 e. The van der Waals surface area contributed by atoms with Gasteiger partial charge in [-0.3, -0.25) is 9.69 Å². The van der Waals surface area contributed by atoms with Gasteiger partial charge in [-0.2, -0.15) is 0 Å². The number of benzene rings is 1. The first-order valence-corrected chi connectivity index (χ1v) is 7.60. The van der Waals surface area contributed by atoms with Crippen LogP contribution in [0.25, 0.3) is 0 Å². The number of ether oxygens (including phenoxy) is 1. The molecule has 1 aromatic carbocycles. The van der Waals surface area contributed by atoms with Crippen molar-refractivity contribution in [1.29, 1.82) is 0 Å². The molecule has 0 radical (unpaired) electrons. The molecule has 0 aliphatic heterocycles. The second-order valence-electron chi connectivity index (χ2n) is 6.42. The van der Waals surface area contributed by atoms with Crippen LogP contribution in [0.15, 0.2) is 24.3 Å². The van der Waals surface area contributed by atoms with Crippen LogP contribution in [0.1, 0.15) is 39.4 Å². The Kier molecular flexibility index (Phi) is 6.84. The minimum absolute atomic E-state index is 0.0350. The molecule has 0 aliphatic rings. The number of likely N-dealkylation sites (N-methyl/N-ethyl adjacent to an activating group) is 1. The number of aliphatic hydroxyl groups excluding tert-OH is 1. The van der Waals surface area contributed by atoms with Crippen molar-refractivity contribution in [2.75, 3.05) is 26.7 Å². The van der Waals surface area contributed by atoms with Gasteiger partial charge in [0.05, 0.1) is 19.8 Å². The second-order valence-corrected chi connectivity index (χ2v) is 6.42. The molecule has 22 heavy (non-hydrogen) atoms. The van der Waals surface area contributed by atoms with Gasteiger partial charge in [0.2, 0.25) is 5.91 Å². The Morgan fingerprint density at radius 3 is 2.64 bits per heavy atom. The van der Waals surface area contributed by atoms with Gasteiger partial charge in [-0.15, -0.1) is 0 Å². The van der Waals surface area contributed by atoms with Crippen molar-refractivity contribution in [2.45, 2.75) is 39.3 Å². The molecular weight excluding hydrogens is 280 g/mol. The Morgan fingerprint density at radius 1 is 1.41 bits per heavy atom. The van der Waals surface area contributed by atoms with E-state index in [1.807, 2.05) is 56.9 Å². The number of methoxy groups -OCH3 is 1. The highest BCUT2D eigenvalue weighted by Gasteiger charge is 2.18. The molecule has 1 atom stereocenters. The highest BCUT2D eigenvalue weighted by Crippen LogP contribution is 2.19. The third-order valence-electron chi connectivity index (χ3n) is 3.24. The summed E-state index contributed by atoms with van der Waals surface area (Å²) in [7, 11) is 1.60. The molecule has 0 aromatic heterocycles. The molecule has 5 heteroatoms. The van der Waals surface area contributed by atoms with E-state index in [4.69, 9.17) is 4.74 Å². The van der Waals surface area contributed by atoms with Crippen LogP contribution in [0.3, 0.4) is 0 Å². The van der Waals surface area contributed by atoms with Crippen LogP contribution in [0, 0.1) is 0 Å². The summed E-state index contributed by atoms with van der Waals surface area (Å²) in [5, 5.41) is 13.3. The first-order valence-electron chi connectivity index (χ1n) is 7.60. The van der Waals surface area contributed by atoms with Gasteiger partial charge in [-0.1, -0.05) is 19.1 Å². The molecule has 0 fully saturated rings. The Labute approximate surface area is 133 Å². The molecule has 0 bridgehead atoms. The van der Waals surface area contributed by atoms with Crippen molar-refractivity contribution in [3.8, 4) is 5.75 Å². The number of rotatable bonds is 7. The van der Waals surface area contributed by atoms with Crippen LogP contribution in [-0.4, -0.2) is 48.2 Å². The standard InChI is InChI=1S/C17H28N2O3/c1-6-19(12-16(21)18-17(2,3)4)11-15(20)13-8-7-9-14(10-13)22-5/h7-10,15,20H,6,11-12H2,1-5H3,(H,18,21). The van der Waals surface area contributed by atoms with E-state index in [-0.39, 0.29) is 18.0 Å². The van der Waals surface area contributed by atoms with Gasteiger partial charge in [0, 0.05) is 12.1 Å². The van der Waals surface area contributed by atoms with E-state index in [9.17, 15) is 9.90 Å². The van der Waals surface area contributed by atoms with Crippen LogP contribution in [0.5, 0.6) is 5.75 Å². The number of carbonyl (C=O) groups excluding carboxylic acids is 1. The topological polar surface area (TPSA) is 61.8 Å². The van der Waals surface area contributed by atoms with Crippen molar-refractivity contribution in [3.05, 3.63) is 29.8 Å². The van der Waals surface area contributed by atoms with Gasteiger partial charge in [-0.25, -0.2) is 0 Å². The quantitative estimate of drug-likeness (QED) is 0.808. The number of carbonyl (C=O) groups is 1. The Hall–Kier alpha value is -1.59. The van der Waals surface area contributed by atoms with Crippen molar-refractivity contribution >= 4 is 5.91 Å². The average molecular weight is 308 g/mol. The predicted octanol–water partition coefficient (Wildman–Crippen LogP) is 1.97. The molecule has 0 saturated heterocycles. The van der Waals surface area contributed by atoms with E-state index in [1.165, 1.54) is 0 Å². The molecule has 1 rings (SSSR count). The van der Waals surface area contributed by atoms with Gasteiger partial charge in [0.1, 0.15) is 5.75 Å². The molecule has 1 aromatic rings. The largest absolute Gasteiger partial charge is 0.497 e. The summed E-state index contributed by atoms with van der Waals surface area (Å²) in [5.74, 6) is 0.678. The third-order valence-corrected chi connectivity index (χ3v) is 3.24. The highest BCUT2D eigenvalue weighted by atomic mass is 16.5. The molecule has 0 aliphatic carbocycles. The van der Waals surface area contributed by atoms with E-state index in [1.54, 1.807) is 7.11 Å². The van der Waals surface area contributed by atoms with Gasteiger partial charge in [0.15, 0.2) is 0 Å². The van der Waals surface area contributed by atoms with Gasteiger partial charge >= 0.3 is 0 Å². The van der Waals surface area contributed by atoms with Crippen molar-refractivity contribution in [2.24, 2.45) is 0 Å². The zero-order valence-corrected chi connectivity index (χ0v) is 14.2. The van der Waals surface area contributed by atoms with Gasteiger partial charge in [-0.05, 0) is 45.0 Å². The third kappa shape index (κ3) is 6.45. The lowest BCUT2D eigenvalue weighted by atomic mass is 10.1. The van der Waals surface area contributed by atoms with Crippen LogP contribution < -0.4 is 10.1 Å². The SMILES string of the molecule is CCN(CC(=O)NC(C)(C)C)CC(O)c1cccc(OC)c1. The average Bonchev–Trinajstić information content (AvgIpc) is 2.44. The van der Waals surface area contributed by atoms with Gasteiger partial charge in [0.25, 0.3) is 0 Å². The molecule has 2 N–H and O–H groups in total. The van der Waals surface area contributed by atoms with Crippen molar-refractivity contribution in [1.82, 2.24) is 10.2 Å². The van der Waals surface area contributed by atoms with E-state index in [0.29, 0.717) is 18.8 Å². The predicted molar refractivity (Wildman–Crippen MR) is 88.0 cm³/mol. The minimum Gasteiger partial charge on any atom is -0.497 e. The van der Waals surface area contributed by atoms with Crippen LogP contribution in [0.2, 0.25) is 0 Å². The number of hydrogen-bond acceptors (Lipinski definition) is 4. The smallest absolute Gasteiger partial charge is 0.234 e. The van der Waals surface area contributed by atoms with Crippen LogP contribution in [0.4, 0.5) is 0 Å². The van der Waals surface area contributed by atoms with E-state index in [2.05, 4.69) is 5.32 Å². The molecule has 124 valence electrons. The summed E-state index contributed by atoms with van der Waals surface area (Å²) in [4.78, 5) is 13.9. The molecule has 0 spiro atoms. The molecule has 0 heterocycles. The monoisotopic (exact) mass is 308 g/mol. The molecular formula is C17H28N2O3. The van der Waals surface area contributed by atoms with E-state index in [0.717, 1.165) is 5.56 Å². The summed E-state index contributed by atoms with van der Waals surface area (Å²) < 4.78 is 5.17. The Bertz CT molecular complexity index is 483. The number of hydrogen-bond donors (Lipinski definition) is 2. The zero-order valence-electron chi connectivity index (χ0n) is 14.2. The summed E-state index contributed by atoms with van der Waals surface area (Å²) in [6, 6.07) is 7.36. The highest BCUT2D eigenvalue weighted by molar-refractivity contribution is 5.78. The normalized spacial score (nSPS) is 13.0. The number of aliphatic hydroxyl groups is 1. The lowest BCUT2D eigenvalue weighted by molar-refractivity contribution is -0.123. The van der Waals surface area contributed by atoms with E-state index >= 15 is 0 Å². The summed E-state index contributed by atoms with van der Waals surface area (Å²) >= 11 is 0. The lowest BCUT2D eigenvalue weighted by Crippen LogP contribution is -2.46. The van der Waals surface area contributed by atoms with Crippen molar-refractivity contribution < 1.29 is 14.6 Å². The number of nitrogens with zero attached hydrogens (tertiary/aromatic N) is 1. The lowest BCUT2D eigenvalue weighted by Gasteiger charge is -2.26. The minimum atomic E-state index is -0.655. The number of amides is 1. The van der Waals surface area contributed by atoms with Gasteiger partial charge < -0.3 is 15.2 Å². The van der Waals surface area contributed by atoms with Crippen LogP contribution >= 0.6 is 0 Å². The molecule has 1 amide bonds. The second kappa shape index (κ2) is 8.15. The zero-order chi connectivity index (χ0) is 16.8. The van der Waals surface area contributed by atoms with Crippen molar-refractivity contribution in [3.63, 3.8) is 0 Å². The fourth-order valence-corrected chi connectivity index (χ4v) is 2.17. The first-order chi connectivity index (χ1) is 10.2. The Morgan fingerprint density at radius 2 is 2.09 bits per heavy atom. The first kappa shape index (κ1) is 18.5. The Balaban J connectivity index is 2.63. The fraction of sp³-hybridized carbons (Fsp3) is 0.588. The summed E-state index contributed by atoms with van der Waals surface area (Å²) in [6.45, 7) is 9.20. The maximum atomic E-state index is 12.0. The summed E-state index contributed by atoms with van der Waals surface area (Å²) in [5.41, 5.74) is 0.538. The molecule has 0 saturated carbocycles. The summed E-state index contributed by atoms with van der Waals surface area (Å²) in [6.07, 6.45) is -0.655. The molecule has 1 unspecified atom stereocenters. The fourth-order valence-electron chi connectivity index (χ4n) is 2.17.